The number of amides is 2. The van der Waals surface area contributed by atoms with Gasteiger partial charge in [0.25, 0.3) is 0 Å². The van der Waals surface area contributed by atoms with E-state index in [1.165, 1.54) is 0 Å². The van der Waals surface area contributed by atoms with E-state index in [-0.39, 0.29) is 12.1 Å². The Kier molecular flexibility index (Phi) is 5.37. The minimum atomic E-state index is -0.200. The van der Waals surface area contributed by atoms with Crippen LogP contribution in [-0.2, 0) is 0 Å². The van der Waals surface area contributed by atoms with Gasteiger partial charge in [-0.25, -0.2) is 14.8 Å². The van der Waals surface area contributed by atoms with Gasteiger partial charge in [0.2, 0.25) is 0 Å². The topological polar surface area (TPSA) is 67.4 Å². The van der Waals surface area contributed by atoms with Crippen molar-refractivity contribution in [2.75, 3.05) is 18.4 Å². The summed E-state index contributed by atoms with van der Waals surface area (Å²) in [6.45, 7) is 1.17. The number of rotatable bonds is 3. The molecule has 0 saturated carbocycles. The molecule has 1 aliphatic heterocycles. The number of aromatic nitrogens is 2. The second-order valence-corrected chi connectivity index (χ2v) is 6.23. The molecule has 1 N–H and O–H groups in total. The molecule has 126 valence electrons. The van der Waals surface area contributed by atoms with Gasteiger partial charge in [0.05, 0.1) is 10.7 Å². The van der Waals surface area contributed by atoms with Gasteiger partial charge in [-0.15, -0.1) is 0 Å². The molecule has 0 atom stereocenters. The van der Waals surface area contributed by atoms with E-state index in [0.29, 0.717) is 34.8 Å². The highest BCUT2D eigenvalue weighted by Gasteiger charge is 2.24. The molecular weight excluding hydrogens is 351 g/mol. The van der Waals surface area contributed by atoms with Crippen LogP contribution in [0.15, 0.2) is 36.7 Å². The maximum absolute atomic E-state index is 12.3. The Morgan fingerprint density at radius 1 is 1.21 bits per heavy atom. The van der Waals surface area contributed by atoms with Crippen LogP contribution < -0.4 is 10.1 Å². The molecule has 2 aromatic rings. The summed E-state index contributed by atoms with van der Waals surface area (Å²) in [5.41, 5.74) is 0.505. The zero-order valence-electron chi connectivity index (χ0n) is 12.8. The van der Waals surface area contributed by atoms with Crippen molar-refractivity contribution in [2.45, 2.75) is 18.9 Å². The monoisotopic (exact) mass is 366 g/mol. The summed E-state index contributed by atoms with van der Waals surface area (Å²) in [5.74, 6) is 0. The first-order valence-corrected chi connectivity index (χ1v) is 8.32. The lowest BCUT2D eigenvalue weighted by atomic mass is 10.1. The molecule has 0 bridgehead atoms. The third-order valence-corrected chi connectivity index (χ3v) is 4.28. The van der Waals surface area contributed by atoms with Crippen molar-refractivity contribution in [1.29, 1.82) is 0 Å². The number of hydrogen-bond donors (Lipinski definition) is 1. The van der Waals surface area contributed by atoms with E-state index in [2.05, 4.69) is 15.3 Å². The SMILES string of the molecule is O=C(Nc1cc(Cl)ccc1Cl)N1CCC(Oc2ncccn2)CC1. The van der Waals surface area contributed by atoms with Gasteiger partial charge in [-0.2, -0.15) is 0 Å². The van der Waals surface area contributed by atoms with Gasteiger partial charge in [-0.1, -0.05) is 23.2 Å². The average molecular weight is 367 g/mol. The summed E-state index contributed by atoms with van der Waals surface area (Å²) in [6.07, 6.45) is 4.72. The van der Waals surface area contributed by atoms with E-state index in [9.17, 15) is 4.79 Å². The van der Waals surface area contributed by atoms with Crippen molar-refractivity contribution in [3.8, 4) is 6.01 Å². The van der Waals surface area contributed by atoms with Crippen LogP contribution in [0.4, 0.5) is 10.5 Å². The van der Waals surface area contributed by atoms with E-state index in [1.54, 1.807) is 41.6 Å². The van der Waals surface area contributed by atoms with Crippen LogP contribution in [0, 0.1) is 0 Å². The Hall–Kier alpha value is -2.05. The number of benzene rings is 1. The van der Waals surface area contributed by atoms with Crippen LogP contribution in [0.5, 0.6) is 6.01 Å². The molecule has 6 nitrogen and oxygen atoms in total. The minimum absolute atomic E-state index is 0.00575. The Balaban J connectivity index is 1.52. The van der Waals surface area contributed by atoms with Crippen LogP contribution in [0.3, 0.4) is 0 Å². The number of nitrogens with zero attached hydrogens (tertiary/aromatic N) is 3. The number of nitrogens with one attached hydrogen (secondary N) is 1. The number of likely N-dealkylation sites (tertiary alicyclic amines) is 1. The summed E-state index contributed by atoms with van der Waals surface area (Å²) in [6, 6.07) is 6.86. The fourth-order valence-corrected chi connectivity index (χ4v) is 2.80. The zero-order valence-corrected chi connectivity index (χ0v) is 14.3. The van der Waals surface area contributed by atoms with E-state index < -0.39 is 0 Å². The molecule has 24 heavy (non-hydrogen) atoms. The molecule has 3 rings (SSSR count). The normalized spacial score (nSPS) is 15.2. The standard InChI is InChI=1S/C16H16Cl2N4O2/c17-11-2-3-13(18)14(10-11)21-16(23)22-8-4-12(5-9-22)24-15-19-6-1-7-20-15/h1-3,6-7,10,12H,4-5,8-9H2,(H,21,23). The molecule has 1 fully saturated rings. The molecule has 2 heterocycles. The molecular formula is C16H16Cl2N4O2. The van der Waals surface area contributed by atoms with Gasteiger partial charge in [0.1, 0.15) is 6.10 Å². The Labute approximate surface area is 149 Å². The maximum atomic E-state index is 12.3. The Morgan fingerprint density at radius 3 is 2.62 bits per heavy atom. The maximum Gasteiger partial charge on any atom is 0.321 e. The number of anilines is 1. The highest BCUT2D eigenvalue weighted by atomic mass is 35.5. The lowest BCUT2D eigenvalue weighted by Gasteiger charge is -2.31. The van der Waals surface area contributed by atoms with E-state index in [0.717, 1.165) is 12.8 Å². The van der Waals surface area contributed by atoms with Gasteiger partial charge >= 0.3 is 12.0 Å². The highest BCUT2D eigenvalue weighted by molar-refractivity contribution is 6.35. The second-order valence-electron chi connectivity index (χ2n) is 5.39. The summed E-state index contributed by atoms with van der Waals surface area (Å²) in [5, 5.41) is 3.76. The average Bonchev–Trinajstić information content (AvgIpc) is 2.60. The molecule has 0 aliphatic carbocycles. The zero-order chi connectivity index (χ0) is 16.9. The number of piperidine rings is 1. The van der Waals surface area contributed by atoms with Crippen molar-refractivity contribution in [1.82, 2.24) is 14.9 Å². The Morgan fingerprint density at radius 2 is 1.92 bits per heavy atom. The van der Waals surface area contributed by atoms with E-state index in [1.807, 2.05) is 0 Å². The van der Waals surface area contributed by atoms with Gasteiger partial charge in [0.15, 0.2) is 0 Å². The first-order chi connectivity index (χ1) is 11.6. The third kappa shape index (κ3) is 4.27. The predicted octanol–water partition coefficient (Wildman–Crippen LogP) is 3.86. The third-order valence-electron chi connectivity index (χ3n) is 3.71. The smallest absolute Gasteiger partial charge is 0.321 e. The molecule has 1 aromatic heterocycles. The van der Waals surface area contributed by atoms with Crippen LogP contribution in [0.25, 0.3) is 0 Å². The number of urea groups is 1. The predicted molar refractivity (Wildman–Crippen MR) is 92.7 cm³/mol. The summed E-state index contributed by atoms with van der Waals surface area (Å²) < 4.78 is 5.72. The van der Waals surface area contributed by atoms with Crippen molar-refractivity contribution in [3.05, 3.63) is 46.7 Å². The molecule has 1 aromatic carbocycles. The number of carbonyl (C=O) groups excluding carboxylic acids is 1. The minimum Gasteiger partial charge on any atom is -0.460 e. The van der Waals surface area contributed by atoms with Gasteiger partial charge in [-0.05, 0) is 24.3 Å². The molecule has 0 unspecified atom stereocenters. The number of carbonyl (C=O) groups is 1. The first kappa shape index (κ1) is 16.8. The molecule has 0 spiro atoms. The number of ether oxygens (including phenoxy) is 1. The molecule has 2 amide bonds. The van der Waals surface area contributed by atoms with Gasteiger partial charge < -0.3 is 15.0 Å². The lowest BCUT2D eigenvalue weighted by Crippen LogP contribution is -2.43. The van der Waals surface area contributed by atoms with Crippen molar-refractivity contribution in [2.24, 2.45) is 0 Å². The van der Waals surface area contributed by atoms with Gasteiger partial charge in [-0.3, -0.25) is 0 Å². The Bertz CT molecular complexity index is 706. The van der Waals surface area contributed by atoms with Crippen LogP contribution in [-0.4, -0.2) is 40.1 Å². The van der Waals surface area contributed by atoms with Gasteiger partial charge in [0, 0.05) is 43.3 Å². The lowest BCUT2D eigenvalue weighted by molar-refractivity contribution is 0.107. The van der Waals surface area contributed by atoms with Crippen molar-refractivity contribution in [3.63, 3.8) is 0 Å². The summed E-state index contributed by atoms with van der Waals surface area (Å²) in [7, 11) is 0. The van der Waals surface area contributed by atoms with Crippen LogP contribution >= 0.6 is 23.2 Å². The van der Waals surface area contributed by atoms with Crippen molar-refractivity contribution >= 4 is 34.9 Å². The van der Waals surface area contributed by atoms with Crippen molar-refractivity contribution < 1.29 is 9.53 Å². The quantitative estimate of drug-likeness (QED) is 0.895. The fraction of sp³-hybridized carbons (Fsp3) is 0.312. The number of hydrogen-bond acceptors (Lipinski definition) is 4. The number of halogens is 2. The highest BCUT2D eigenvalue weighted by Crippen LogP contribution is 2.26. The summed E-state index contributed by atoms with van der Waals surface area (Å²) in [4.78, 5) is 22.2. The van der Waals surface area contributed by atoms with Crippen LogP contribution in [0.1, 0.15) is 12.8 Å². The summed E-state index contributed by atoms with van der Waals surface area (Å²) >= 11 is 12.0. The first-order valence-electron chi connectivity index (χ1n) is 7.56. The van der Waals surface area contributed by atoms with E-state index >= 15 is 0 Å². The fourth-order valence-electron chi connectivity index (χ4n) is 2.46. The van der Waals surface area contributed by atoms with E-state index in [4.69, 9.17) is 27.9 Å². The molecule has 0 radical (unpaired) electrons. The largest absolute Gasteiger partial charge is 0.460 e. The molecule has 1 saturated heterocycles. The molecule has 1 aliphatic rings. The van der Waals surface area contributed by atoms with Crippen LogP contribution in [0.2, 0.25) is 10.0 Å². The second kappa shape index (κ2) is 7.68. The molecule has 8 heteroatoms.